The van der Waals surface area contributed by atoms with Crippen molar-refractivity contribution in [2.75, 3.05) is 12.4 Å². The fourth-order valence-electron chi connectivity index (χ4n) is 2.62. The number of aryl methyl sites for hydroxylation is 2. The number of fused-ring (bicyclic) bond motifs is 1. The molecule has 3 rings (SSSR count). The molecule has 2 heterocycles. The highest BCUT2D eigenvalue weighted by molar-refractivity contribution is 7.16. The van der Waals surface area contributed by atoms with Crippen LogP contribution in [-0.4, -0.2) is 23.6 Å². The summed E-state index contributed by atoms with van der Waals surface area (Å²) in [6.07, 6.45) is 2.31. The second-order valence-corrected chi connectivity index (χ2v) is 6.71. The minimum Gasteiger partial charge on any atom is -0.465 e. The summed E-state index contributed by atoms with van der Waals surface area (Å²) in [4.78, 5) is 24.9. The van der Waals surface area contributed by atoms with Gasteiger partial charge in [-0.25, -0.2) is 4.79 Å². The van der Waals surface area contributed by atoms with Gasteiger partial charge >= 0.3 is 5.97 Å². The van der Waals surface area contributed by atoms with Crippen LogP contribution in [0.3, 0.4) is 0 Å². The van der Waals surface area contributed by atoms with Crippen molar-refractivity contribution in [3.8, 4) is 0 Å². The lowest BCUT2D eigenvalue weighted by molar-refractivity contribution is -0.116. The topological polar surface area (TPSA) is 60.3 Å². The van der Waals surface area contributed by atoms with E-state index < -0.39 is 5.97 Å². The third-order valence-corrected chi connectivity index (χ3v) is 4.74. The maximum atomic E-state index is 12.2. The number of esters is 1. The maximum absolute atomic E-state index is 12.2. The van der Waals surface area contributed by atoms with E-state index in [1.165, 1.54) is 18.4 Å². The maximum Gasteiger partial charge on any atom is 0.340 e. The SMILES string of the molecule is COC(=O)c1cc(C)sc1NC(=O)CCn1ccc2ccccc21. The van der Waals surface area contributed by atoms with Crippen molar-refractivity contribution in [1.82, 2.24) is 4.57 Å². The summed E-state index contributed by atoms with van der Waals surface area (Å²) in [5.41, 5.74) is 1.51. The number of para-hydroxylation sites is 1. The van der Waals surface area contributed by atoms with Crippen LogP contribution in [0.1, 0.15) is 21.7 Å². The molecule has 1 N–H and O–H groups in total. The Hall–Kier alpha value is -2.60. The second-order valence-electron chi connectivity index (χ2n) is 5.46. The third kappa shape index (κ3) is 3.33. The summed E-state index contributed by atoms with van der Waals surface area (Å²) in [6.45, 7) is 2.47. The minimum atomic E-state index is -0.439. The Balaban J connectivity index is 1.67. The average molecular weight is 342 g/mol. The van der Waals surface area contributed by atoms with Gasteiger partial charge in [0.15, 0.2) is 0 Å². The Bertz CT molecular complexity index is 895. The summed E-state index contributed by atoms with van der Waals surface area (Å²) in [5, 5.41) is 4.52. The first-order chi connectivity index (χ1) is 11.6. The van der Waals surface area contributed by atoms with Gasteiger partial charge in [0.05, 0.1) is 12.7 Å². The summed E-state index contributed by atoms with van der Waals surface area (Å²) in [6, 6.07) is 11.8. The molecular formula is C18H18N2O3S. The minimum absolute atomic E-state index is 0.125. The first-order valence-corrected chi connectivity index (χ1v) is 8.42. The molecule has 0 fully saturated rings. The van der Waals surface area contributed by atoms with E-state index in [1.54, 1.807) is 6.07 Å². The number of benzene rings is 1. The van der Waals surface area contributed by atoms with Gasteiger partial charge in [-0.1, -0.05) is 18.2 Å². The highest BCUT2D eigenvalue weighted by atomic mass is 32.1. The van der Waals surface area contributed by atoms with Crippen LogP contribution in [0.4, 0.5) is 5.00 Å². The van der Waals surface area contributed by atoms with E-state index in [0.29, 0.717) is 23.5 Å². The summed E-state index contributed by atoms with van der Waals surface area (Å²) in [5.74, 6) is -0.564. The fraction of sp³-hybridized carbons (Fsp3) is 0.222. The Labute approximate surface area is 143 Å². The molecule has 0 bridgehead atoms. The average Bonchev–Trinajstić information content (AvgIpc) is 3.15. The predicted octanol–water partition coefficient (Wildman–Crippen LogP) is 3.83. The van der Waals surface area contributed by atoms with Crippen molar-refractivity contribution in [2.45, 2.75) is 19.9 Å². The second kappa shape index (κ2) is 6.88. The molecular weight excluding hydrogens is 324 g/mol. The van der Waals surface area contributed by atoms with Crippen molar-refractivity contribution in [2.24, 2.45) is 0 Å². The van der Waals surface area contributed by atoms with E-state index in [2.05, 4.69) is 9.88 Å². The number of ether oxygens (including phenoxy) is 1. The molecule has 0 aliphatic rings. The van der Waals surface area contributed by atoms with Crippen molar-refractivity contribution in [3.05, 3.63) is 53.0 Å². The number of nitrogens with one attached hydrogen (secondary N) is 1. The number of hydrogen-bond acceptors (Lipinski definition) is 4. The molecule has 0 saturated heterocycles. The van der Waals surface area contributed by atoms with Gasteiger partial charge in [-0.3, -0.25) is 4.79 Å². The zero-order valence-electron chi connectivity index (χ0n) is 13.5. The number of thiophene rings is 1. The van der Waals surface area contributed by atoms with Gasteiger partial charge in [0.2, 0.25) is 5.91 Å². The van der Waals surface area contributed by atoms with Crippen LogP contribution in [0, 0.1) is 6.92 Å². The summed E-state index contributed by atoms with van der Waals surface area (Å²) < 4.78 is 6.80. The summed E-state index contributed by atoms with van der Waals surface area (Å²) >= 11 is 1.37. The molecule has 0 atom stereocenters. The van der Waals surface area contributed by atoms with E-state index in [9.17, 15) is 9.59 Å². The first kappa shape index (κ1) is 16.3. The van der Waals surface area contributed by atoms with Crippen LogP contribution < -0.4 is 5.32 Å². The van der Waals surface area contributed by atoms with Gasteiger partial charge in [-0.05, 0) is 30.5 Å². The van der Waals surface area contributed by atoms with Gasteiger partial charge in [-0.2, -0.15) is 0 Å². The molecule has 0 radical (unpaired) electrons. The van der Waals surface area contributed by atoms with Gasteiger partial charge in [0.25, 0.3) is 0 Å². The Morgan fingerprint density at radius 1 is 1.25 bits per heavy atom. The molecule has 0 aliphatic carbocycles. The highest BCUT2D eigenvalue weighted by Gasteiger charge is 2.17. The normalized spacial score (nSPS) is 10.8. The van der Waals surface area contributed by atoms with Crippen molar-refractivity contribution >= 4 is 39.1 Å². The fourth-order valence-corrected chi connectivity index (χ4v) is 3.53. The molecule has 5 nitrogen and oxygen atoms in total. The van der Waals surface area contributed by atoms with Crippen molar-refractivity contribution < 1.29 is 14.3 Å². The van der Waals surface area contributed by atoms with Crippen molar-refractivity contribution in [1.29, 1.82) is 0 Å². The zero-order chi connectivity index (χ0) is 17.1. The molecule has 1 aromatic carbocycles. The Morgan fingerprint density at radius 2 is 2.04 bits per heavy atom. The molecule has 6 heteroatoms. The van der Waals surface area contributed by atoms with Crippen LogP contribution in [0.2, 0.25) is 0 Å². The lowest BCUT2D eigenvalue weighted by atomic mass is 10.2. The number of anilines is 1. The van der Waals surface area contributed by atoms with Gasteiger partial charge in [-0.15, -0.1) is 11.3 Å². The standard InChI is InChI=1S/C18H18N2O3S/c1-12-11-14(18(22)23-2)17(24-12)19-16(21)8-10-20-9-7-13-5-3-4-6-15(13)20/h3-7,9,11H,8,10H2,1-2H3,(H,19,21). The number of methoxy groups -OCH3 is 1. The Morgan fingerprint density at radius 3 is 2.83 bits per heavy atom. The van der Waals surface area contributed by atoms with Crippen LogP contribution in [0.5, 0.6) is 0 Å². The van der Waals surface area contributed by atoms with Crippen LogP contribution >= 0.6 is 11.3 Å². The number of nitrogens with zero attached hydrogens (tertiary/aromatic N) is 1. The molecule has 124 valence electrons. The monoisotopic (exact) mass is 342 g/mol. The quantitative estimate of drug-likeness (QED) is 0.717. The molecule has 0 spiro atoms. The van der Waals surface area contributed by atoms with E-state index in [-0.39, 0.29) is 5.91 Å². The first-order valence-electron chi connectivity index (χ1n) is 7.61. The lowest BCUT2D eigenvalue weighted by Crippen LogP contribution is -2.15. The molecule has 0 unspecified atom stereocenters. The van der Waals surface area contributed by atoms with Crippen LogP contribution in [0.25, 0.3) is 10.9 Å². The smallest absolute Gasteiger partial charge is 0.340 e. The van der Waals surface area contributed by atoms with Crippen LogP contribution in [0.15, 0.2) is 42.6 Å². The van der Waals surface area contributed by atoms with E-state index in [0.717, 1.165) is 15.8 Å². The molecule has 3 aromatic rings. The zero-order valence-corrected chi connectivity index (χ0v) is 14.4. The molecule has 0 aliphatic heterocycles. The molecule has 0 saturated carbocycles. The predicted molar refractivity (Wildman–Crippen MR) is 95.6 cm³/mol. The lowest BCUT2D eigenvalue weighted by Gasteiger charge is -2.07. The number of amides is 1. The van der Waals surface area contributed by atoms with Crippen LogP contribution in [-0.2, 0) is 16.1 Å². The molecule has 24 heavy (non-hydrogen) atoms. The summed E-state index contributed by atoms with van der Waals surface area (Å²) in [7, 11) is 1.33. The number of aromatic nitrogens is 1. The van der Waals surface area contributed by atoms with E-state index >= 15 is 0 Å². The molecule has 2 aromatic heterocycles. The highest BCUT2D eigenvalue weighted by Crippen LogP contribution is 2.28. The number of rotatable bonds is 5. The van der Waals surface area contributed by atoms with E-state index in [1.807, 2.05) is 43.5 Å². The van der Waals surface area contributed by atoms with E-state index in [4.69, 9.17) is 4.74 Å². The van der Waals surface area contributed by atoms with Gasteiger partial charge < -0.3 is 14.6 Å². The number of carbonyl (C=O) groups excluding carboxylic acids is 2. The third-order valence-electron chi connectivity index (χ3n) is 3.77. The van der Waals surface area contributed by atoms with Gasteiger partial charge in [0, 0.05) is 29.6 Å². The largest absolute Gasteiger partial charge is 0.465 e. The number of hydrogen-bond donors (Lipinski definition) is 1. The molecule has 1 amide bonds. The Kier molecular flexibility index (Phi) is 4.66. The van der Waals surface area contributed by atoms with Gasteiger partial charge in [0.1, 0.15) is 5.00 Å². The van der Waals surface area contributed by atoms with Crippen molar-refractivity contribution in [3.63, 3.8) is 0 Å². The number of carbonyl (C=O) groups is 2.